The van der Waals surface area contributed by atoms with Crippen LogP contribution in [0.5, 0.6) is 0 Å². The van der Waals surface area contributed by atoms with Crippen LogP contribution in [0.2, 0.25) is 0 Å². The molecular formula is C16H21ClN6O2. The van der Waals surface area contributed by atoms with Crippen molar-refractivity contribution >= 4 is 29.3 Å². The maximum absolute atomic E-state index is 12.4. The quantitative estimate of drug-likeness (QED) is 0.595. The Morgan fingerprint density at radius 3 is 2.80 bits per heavy atom. The number of hydrogen-bond donors (Lipinski definition) is 3. The standard InChI is InChI=1S/C16H20N6O2.ClH/c1-17-14(11-9-19-21(2)10-11)15(23)18-7-8-22-13-6-4-3-5-12(13)20-16(22)24;/h3-6,9-10,14,17H,7-8H2,1-2H3,(H,18,23)(H,20,24);1H. The summed E-state index contributed by atoms with van der Waals surface area (Å²) in [7, 11) is 3.53. The number of aryl methyl sites for hydroxylation is 1. The molecule has 0 saturated heterocycles. The third-order valence-corrected chi connectivity index (χ3v) is 3.93. The van der Waals surface area contributed by atoms with Gasteiger partial charge in [-0.2, -0.15) is 5.10 Å². The van der Waals surface area contributed by atoms with Gasteiger partial charge in [-0.3, -0.25) is 14.0 Å². The van der Waals surface area contributed by atoms with Crippen molar-refractivity contribution < 1.29 is 4.79 Å². The molecule has 1 atom stereocenters. The molecule has 1 amide bonds. The van der Waals surface area contributed by atoms with E-state index in [2.05, 4.69) is 20.7 Å². The third kappa shape index (κ3) is 3.92. The van der Waals surface area contributed by atoms with Gasteiger partial charge in [-0.25, -0.2) is 4.79 Å². The monoisotopic (exact) mass is 364 g/mol. The number of benzene rings is 1. The molecule has 9 heteroatoms. The highest BCUT2D eigenvalue weighted by Crippen LogP contribution is 2.11. The van der Waals surface area contributed by atoms with Gasteiger partial charge in [0.2, 0.25) is 5.91 Å². The second-order valence-electron chi connectivity index (χ2n) is 5.56. The van der Waals surface area contributed by atoms with Crippen LogP contribution in [0.1, 0.15) is 11.6 Å². The molecule has 0 aliphatic carbocycles. The molecule has 3 aromatic rings. The molecule has 3 N–H and O–H groups in total. The lowest BCUT2D eigenvalue weighted by atomic mass is 10.1. The molecule has 0 spiro atoms. The first-order valence-corrected chi connectivity index (χ1v) is 7.71. The largest absolute Gasteiger partial charge is 0.353 e. The molecule has 0 aliphatic heterocycles. The zero-order valence-corrected chi connectivity index (χ0v) is 14.8. The van der Waals surface area contributed by atoms with Crippen molar-refractivity contribution in [2.24, 2.45) is 7.05 Å². The van der Waals surface area contributed by atoms with Crippen molar-refractivity contribution in [1.29, 1.82) is 0 Å². The summed E-state index contributed by atoms with van der Waals surface area (Å²) in [5.41, 5.74) is 2.23. The molecule has 0 saturated carbocycles. The predicted octanol–water partition coefficient (Wildman–Crippen LogP) is 0.562. The molecule has 2 heterocycles. The minimum atomic E-state index is -0.474. The Morgan fingerprint density at radius 1 is 1.36 bits per heavy atom. The van der Waals surface area contributed by atoms with E-state index in [4.69, 9.17) is 0 Å². The van der Waals surface area contributed by atoms with E-state index in [0.29, 0.717) is 13.1 Å². The maximum atomic E-state index is 12.4. The van der Waals surface area contributed by atoms with E-state index in [1.54, 1.807) is 35.7 Å². The summed E-state index contributed by atoms with van der Waals surface area (Å²) in [5.74, 6) is -0.154. The molecule has 134 valence electrons. The van der Waals surface area contributed by atoms with E-state index < -0.39 is 6.04 Å². The van der Waals surface area contributed by atoms with E-state index >= 15 is 0 Å². The van der Waals surface area contributed by atoms with Gasteiger partial charge in [-0.15, -0.1) is 12.4 Å². The summed E-state index contributed by atoms with van der Waals surface area (Å²) in [6.45, 7) is 0.761. The molecule has 2 aromatic heterocycles. The van der Waals surface area contributed by atoms with Crippen LogP contribution >= 0.6 is 12.4 Å². The number of carbonyl (C=O) groups excluding carboxylic acids is 1. The number of imidazole rings is 1. The Labute approximate surface area is 150 Å². The van der Waals surface area contributed by atoms with Gasteiger partial charge in [-0.1, -0.05) is 12.1 Å². The first-order chi connectivity index (χ1) is 11.6. The molecule has 0 fully saturated rings. The average Bonchev–Trinajstić information content (AvgIpc) is 3.12. The topological polar surface area (TPSA) is 96.7 Å². The van der Waals surface area contributed by atoms with Gasteiger partial charge in [0.15, 0.2) is 0 Å². The fraction of sp³-hybridized carbons (Fsp3) is 0.312. The van der Waals surface area contributed by atoms with Gasteiger partial charge >= 0.3 is 5.69 Å². The molecule has 0 bridgehead atoms. The SMILES string of the molecule is CNC(C(=O)NCCn1c(=O)[nH]c2ccccc21)c1cnn(C)c1.Cl. The van der Waals surface area contributed by atoms with E-state index in [1.807, 2.05) is 24.3 Å². The normalized spacial score (nSPS) is 11.9. The Bertz CT molecular complexity index is 913. The van der Waals surface area contributed by atoms with Crippen molar-refractivity contribution in [3.8, 4) is 0 Å². The summed E-state index contributed by atoms with van der Waals surface area (Å²) in [6, 6.07) is 7.00. The fourth-order valence-corrected chi connectivity index (χ4v) is 2.76. The first-order valence-electron chi connectivity index (χ1n) is 7.71. The van der Waals surface area contributed by atoms with Crippen LogP contribution in [0.15, 0.2) is 41.5 Å². The van der Waals surface area contributed by atoms with Gasteiger partial charge in [0.1, 0.15) is 6.04 Å². The fourth-order valence-electron chi connectivity index (χ4n) is 2.76. The molecule has 1 unspecified atom stereocenters. The van der Waals surface area contributed by atoms with E-state index in [1.165, 1.54) is 0 Å². The molecule has 0 aliphatic rings. The number of aromatic nitrogens is 4. The molecular weight excluding hydrogens is 344 g/mol. The van der Waals surface area contributed by atoms with Crippen molar-refractivity contribution in [2.45, 2.75) is 12.6 Å². The number of nitrogens with one attached hydrogen (secondary N) is 3. The minimum Gasteiger partial charge on any atom is -0.353 e. The number of para-hydroxylation sites is 2. The summed E-state index contributed by atoms with van der Waals surface area (Å²) in [4.78, 5) is 27.2. The maximum Gasteiger partial charge on any atom is 0.326 e. The van der Waals surface area contributed by atoms with Gasteiger partial charge in [-0.05, 0) is 19.2 Å². The first kappa shape index (κ1) is 18.8. The number of aromatic amines is 1. The van der Waals surface area contributed by atoms with E-state index in [9.17, 15) is 9.59 Å². The number of hydrogen-bond acceptors (Lipinski definition) is 4. The highest BCUT2D eigenvalue weighted by atomic mass is 35.5. The van der Waals surface area contributed by atoms with Crippen LogP contribution in [0.3, 0.4) is 0 Å². The van der Waals surface area contributed by atoms with Crippen molar-refractivity contribution in [3.05, 3.63) is 52.7 Å². The molecule has 25 heavy (non-hydrogen) atoms. The minimum absolute atomic E-state index is 0. The Hall–Kier alpha value is -2.58. The smallest absolute Gasteiger partial charge is 0.326 e. The second-order valence-corrected chi connectivity index (χ2v) is 5.56. The Morgan fingerprint density at radius 2 is 2.12 bits per heavy atom. The summed E-state index contributed by atoms with van der Waals surface area (Å²) < 4.78 is 3.27. The van der Waals surface area contributed by atoms with Gasteiger partial charge < -0.3 is 15.6 Å². The summed E-state index contributed by atoms with van der Waals surface area (Å²) >= 11 is 0. The molecule has 3 rings (SSSR count). The number of rotatable bonds is 6. The van der Waals surface area contributed by atoms with Crippen LogP contribution < -0.4 is 16.3 Å². The Balaban J connectivity index is 0.00000225. The van der Waals surface area contributed by atoms with Crippen LogP contribution in [0, 0.1) is 0 Å². The van der Waals surface area contributed by atoms with Crippen molar-refractivity contribution in [2.75, 3.05) is 13.6 Å². The number of H-pyrrole nitrogens is 1. The van der Waals surface area contributed by atoms with Crippen LogP contribution in [-0.4, -0.2) is 38.8 Å². The zero-order chi connectivity index (χ0) is 17.1. The number of nitrogens with zero attached hydrogens (tertiary/aromatic N) is 3. The lowest BCUT2D eigenvalue weighted by molar-refractivity contribution is -0.123. The zero-order valence-electron chi connectivity index (χ0n) is 14.0. The van der Waals surface area contributed by atoms with Crippen LogP contribution in [0.25, 0.3) is 11.0 Å². The molecule has 8 nitrogen and oxygen atoms in total. The van der Waals surface area contributed by atoms with Crippen molar-refractivity contribution in [3.63, 3.8) is 0 Å². The number of halogens is 1. The number of carbonyl (C=O) groups is 1. The highest BCUT2D eigenvalue weighted by molar-refractivity contribution is 5.85. The summed E-state index contributed by atoms with van der Waals surface area (Å²) in [6.07, 6.45) is 3.45. The highest BCUT2D eigenvalue weighted by Gasteiger charge is 2.19. The summed E-state index contributed by atoms with van der Waals surface area (Å²) in [5, 5.41) is 9.92. The number of amides is 1. The van der Waals surface area contributed by atoms with E-state index in [-0.39, 0.29) is 24.0 Å². The van der Waals surface area contributed by atoms with Crippen molar-refractivity contribution in [1.82, 2.24) is 30.0 Å². The van der Waals surface area contributed by atoms with Crippen LogP contribution in [0.4, 0.5) is 0 Å². The van der Waals surface area contributed by atoms with Gasteiger partial charge in [0, 0.05) is 31.9 Å². The number of likely N-dealkylation sites (N-methyl/N-ethyl adjacent to an activating group) is 1. The predicted molar refractivity (Wildman–Crippen MR) is 97.8 cm³/mol. The second kappa shape index (κ2) is 8.00. The van der Waals surface area contributed by atoms with Gasteiger partial charge in [0.05, 0.1) is 17.2 Å². The average molecular weight is 365 g/mol. The molecule has 0 radical (unpaired) electrons. The van der Waals surface area contributed by atoms with Gasteiger partial charge in [0.25, 0.3) is 0 Å². The number of fused-ring (bicyclic) bond motifs is 1. The van der Waals surface area contributed by atoms with E-state index in [0.717, 1.165) is 16.6 Å². The third-order valence-electron chi connectivity index (χ3n) is 3.93. The lowest BCUT2D eigenvalue weighted by Gasteiger charge is -2.14. The Kier molecular flexibility index (Phi) is 6.00. The van der Waals surface area contributed by atoms with Crippen LogP contribution in [-0.2, 0) is 18.4 Å². The lowest BCUT2D eigenvalue weighted by Crippen LogP contribution is -2.38. The molecule has 1 aromatic carbocycles.